The summed E-state index contributed by atoms with van der Waals surface area (Å²) in [5.74, 6) is -1.53. The van der Waals surface area contributed by atoms with Gasteiger partial charge in [0.2, 0.25) is 5.91 Å². The molecule has 4 N–H and O–H groups in total. The summed E-state index contributed by atoms with van der Waals surface area (Å²) >= 11 is 0. The average Bonchev–Trinajstić information content (AvgIpc) is 3.01. The molecule has 0 saturated carbocycles. The van der Waals surface area contributed by atoms with Crippen molar-refractivity contribution in [2.75, 3.05) is 5.75 Å². The molecule has 0 aliphatic heterocycles. The SMILES string of the molecule is CCCCCCC/C=C/C(O)C(CS(=O)(=O)O)NC(=O)C(O)CCCCCCCCCCCCCCCCCCCCCCCC. The molecule has 1 amide bonds. The van der Waals surface area contributed by atoms with E-state index in [1.807, 2.05) is 0 Å². The van der Waals surface area contributed by atoms with Gasteiger partial charge in [-0.15, -0.1) is 0 Å². The van der Waals surface area contributed by atoms with Crippen LogP contribution in [0.1, 0.15) is 200 Å². The Balaban J connectivity index is 3.82. The molecule has 0 aromatic carbocycles. The predicted octanol–water partition coefficient (Wildman–Crippen LogP) is 9.99. The topological polar surface area (TPSA) is 124 Å². The molecule has 0 aliphatic carbocycles. The van der Waals surface area contributed by atoms with Crippen molar-refractivity contribution in [2.45, 2.75) is 218 Å². The third-order valence-electron chi connectivity index (χ3n) is 9.07. The average molecular weight is 674 g/mol. The van der Waals surface area contributed by atoms with Crippen LogP contribution < -0.4 is 5.32 Å². The Hall–Kier alpha value is -0.960. The molecule has 0 aliphatic rings. The van der Waals surface area contributed by atoms with Crippen LogP contribution in [0.3, 0.4) is 0 Å². The summed E-state index contributed by atoms with van der Waals surface area (Å²) in [4.78, 5) is 12.5. The number of amides is 1. The van der Waals surface area contributed by atoms with E-state index in [0.717, 1.165) is 51.4 Å². The molecular weight excluding hydrogens is 598 g/mol. The first kappa shape index (κ1) is 45.0. The van der Waals surface area contributed by atoms with Crippen LogP contribution in [0.25, 0.3) is 0 Å². The second-order valence-corrected chi connectivity index (χ2v) is 15.2. The van der Waals surface area contributed by atoms with Gasteiger partial charge in [0, 0.05) is 0 Å². The van der Waals surface area contributed by atoms with Crippen molar-refractivity contribution in [3.8, 4) is 0 Å². The van der Waals surface area contributed by atoms with Gasteiger partial charge in [0.1, 0.15) is 6.10 Å². The van der Waals surface area contributed by atoms with Crippen LogP contribution >= 0.6 is 0 Å². The molecule has 3 unspecified atom stereocenters. The van der Waals surface area contributed by atoms with E-state index in [1.54, 1.807) is 6.08 Å². The van der Waals surface area contributed by atoms with Gasteiger partial charge in [-0.25, -0.2) is 0 Å². The minimum atomic E-state index is -4.42. The summed E-state index contributed by atoms with van der Waals surface area (Å²) in [6.07, 6.45) is 35.9. The number of allylic oxidation sites excluding steroid dienone is 1. The van der Waals surface area contributed by atoms with Crippen molar-refractivity contribution in [3.05, 3.63) is 12.2 Å². The molecule has 46 heavy (non-hydrogen) atoms. The van der Waals surface area contributed by atoms with Crippen LogP contribution in [0.4, 0.5) is 0 Å². The standard InChI is InChI=1S/C38H75NO6S/c1-3-5-7-9-11-12-13-14-15-16-17-18-19-20-21-22-23-24-25-27-29-31-33-37(41)38(42)39-35(34-46(43,44)45)36(40)32-30-28-26-10-8-6-4-2/h30,32,35-37,40-41H,3-29,31,33-34H2,1-2H3,(H,39,42)(H,43,44,45)/b32-30+. The van der Waals surface area contributed by atoms with Gasteiger partial charge in [0.15, 0.2) is 0 Å². The molecule has 0 spiro atoms. The highest BCUT2D eigenvalue weighted by atomic mass is 32.2. The monoisotopic (exact) mass is 674 g/mol. The van der Waals surface area contributed by atoms with Gasteiger partial charge >= 0.3 is 0 Å². The van der Waals surface area contributed by atoms with Gasteiger partial charge in [0.05, 0.1) is 17.9 Å². The number of unbranched alkanes of at least 4 members (excludes halogenated alkanes) is 26. The van der Waals surface area contributed by atoms with Crippen molar-refractivity contribution >= 4 is 16.0 Å². The lowest BCUT2D eigenvalue weighted by atomic mass is 10.0. The van der Waals surface area contributed by atoms with E-state index in [-0.39, 0.29) is 6.42 Å². The third-order valence-corrected chi connectivity index (χ3v) is 9.85. The molecule has 0 fully saturated rings. The van der Waals surface area contributed by atoms with Gasteiger partial charge in [0.25, 0.3) is 10.1 Å². The summed E-state index contributed by atoms with van der Waals surface area (Å²) in [6.45, 7) is 4.43. The molecule has 7 nitrogen and oxygen atoms in total. The predicted molar refractivity (Wildman–Crippen MR) is 195 cm³/mol. The van der Waals surface area contributed by atoms with Crippen molar-refractivity contribution in [1.29, 1.82) is 0 Å². The van der Waals surface area contributed by atoms with Gasteiger partial charge in [-0.05, 0) is 19.3 Å². The Kier molecular flexibility index (Phi) is 31.9. The molecule has 0 saturated heterocycles. The lowest BCUT2D eigenvalue weighted by molar-refractivity contribution is -0.130. The number of rotatable bonds is 35. The number of hydrogen-bond acceptors (Lipinski definition) is 5. The zero-order valence-corrected chi connectivity index (χ0v) is 30.9. The number of carbonyl (C=O) groups excluding carboxylic acids is 1. The third kappa shape index (κ3) is 31.6. The van der Waals surface area contributed by atoms with Crippen LogP contribution in [0, 0.1) is 0 Å². The van der Waals surface area contributed by atoms with E-state index in [9.17, 15) is 28.0 Å². The van der Waals surface area contributed by atoms with Gasteiger partial charge in [-0.1, -0.05) is 193 Å². The van der Waals surface area contributed by atoms with Crippen LogP contribution in [-0.4, -0.2) is 53.1 Å². The highest BCUT2D eigenvalue weighted by Crippen LogP contribution is 2.16. The minimum absolute atomic E-state index is 0.285. The first-order valence-corrected chi connectivity index (χ1v) is 21.1. The van der Waals surface area contributed by atoms with E-state index in [0.29, 0.717) is 6.42 Å². The maximum absolute atomic E-state index is 12.5. The Morgan fingerprint density at radius 3 is 1.30 bits per heavy atom. The van der Waals surface area contributed by atoms with E-state index in [2.05, 4.69) is 19.2 Å². The molecular formula is C38H75NO6S. The summed E-state index contributed by atoms with van der Waals surface area (Å²) < 4.78 is 32.2. The van der Waals surface area contributed by atoms with Gasteiger partial charge < -0.3 is 15.5 Å². The number of hydrogen-bond donors (Lipinski definition) is 4. The molecule has 0 bridgehead atoms. The fourth-order valence-electron chi connectivity index (χ4n) is 6.04. The lowest BCUT2D eigenvalue weighted by Crippen LogP contribution is -2.50. The molecule has 8 heteroatoms. The first-order valence-electron chi connectivity index (χ1n) is 19.5. The van der Waals surface area contributed by atoms with Crippen molar-refractivity contribution in [3.63, 3.8) is 0 Å². The molecule has 0 aromatic rings. The summed E-state index contributed by atoms with van der Waals surface area (Å²) in [7, 11) is -4.42. The number of aliphatic hydroxyl groups is 2. The Morgan fingerprint density at radius 1 is 0.587 bits per heavy atom. The first-order chi connectivity index (χ1) is 22.2. The van der Waals surface area contributed by atoms with Crippen LogP contribution in [-0.2, 0) is 14.9 Å². The van der Waals surface area contributed by atoms with Crippen LogP contribution in [0.2, 0.25) is 0 Å². The Labute approximate surface area is 284 Å². The maximum Gasteiger partial charge on any atom is 0.267 e. The number of aliphatic hydroxyl groups excluding tert-OH is 2. The van der Waals surface area contributed by atoms with Crippen molar-refractivity contribution in [1.82, 2.24) is 5.32 Å². The van der Waals surface area contributed by atoms with E-state index in [4.69, 9.17) is 0 Å². The lowest BCUT2D eigenvalue weighted by Gasteiger charge is -2.22. The minimum Gasteiger partial charge on any atom is -0.387 e. The molecule has 0 heterocycles. The van der Waals surface area contributed by atoms with Crippen molar-refractivity contribution < 1.29 is 28.0 Å². The second kappa shape index (κ2) is 32.6. The molecule has 0 rings (SSSR count). The quantitative estimate of drug-likeness (QED) is 0.0302. The zero-order valence-electron chi connectivity index (χ0n) is 30.1. The smallest absolute Gasteiger partial charge is 0.267 e. The second-order valence-electron chi connectivity index (χ2n) is 13.7. The Bertz CT molecular complexity index is 803. The molecule has 0 radical (unpaired) electrons. The van der Waals surface area contributed by atoms with Crippen LogP contribution in [0.5, 0.6) is 0 Å². The van der Waals surface area contributed by atoms with E-state index in [1.165, 1.54) is 128 Å². The highest BCUT2D eigenvalue weighted by molar-refractivity contribution is 7.85. The van der Waals surface area contributed by atoms with Crippen LogP contribution in [0.15, 0.2) is 12.2 Å². The van der Waals surface area contributed by atoms with Crippen molar-refractivity contribution in [2.24, 2.45) is 0 Å². The fourth-order valence-corrected chi connectivity index (χ4v) is 6.78. The van der Waals surface area contributed by atoms with Gasteiger partial charge in [-0.2, -0.15) is 8.42 Å². The number of nitrogens with one attached hydrogen (secondary N) is 1. The number of carbonyl (C=O) groups is 1. The van der Waals surface area contributed by atoms with Gasteiger partial charge in [-0.3, -0.25) is 9.35 Å². The Morgan fingerprint density at radius 2 is 0.935 bits per heavy atom. The largest absolute Gasteiger partial charge is 0.387 e. The molecule has 0 aromatic heterocycles. The normalized spacial score (nSPS) is 14.1. The summed E-state index contributed by atoms with van der Waals surface area (Å²) in [6, 6.07) is -1.22. The van der Waals surface area contributed by atoms with E-state index >= 15 is 0 Å². The van der Waals surface area contributed by atoms with E-state index < -0.39 is 40.0 Å². The maximum atomic E-state index is 12.5. The highest BCUT2D eigenvalue weighted by Gasteiger charge is 2.27. The molecule has 274 valence electrons. The molecule has 3 atom stereocenters. The fraction of sp³-hybridized carbons (Fsp3) is 0.921. The zero-order chi connectivity index (χ0) is 34.1. The summed E-state index contributed by atoms with van der Waals surface area (Å²) in [5.41, 5.74) is 0. The summed E-state index contributed by atoms with van der Waals surface area (Å²) in [5, 5.41) is 23.2.